The van der Waals surface area contributed by atoms with Crippen LogP contribution in [0.5, 0.6) is 5.75 Å². The Morgan fingerprint density at radius 3 is 2.71 bits per heavy atom. The smallest absolute Gasteiger partial charge is 0.225 e. The Morgan fingerprint density at radius 2 is 2.00 bits per heavy atom. The van der Waals surface area contributed by atoms with Crippen molar-refractivity contribution in [3.63, 3.8) is 0 Å². The van der Waals surface area contributed by atoms with E-state index in [0.29, 0.717) is 12.5 Å². The van der Waals surface area contributed by atoms with E-state index in [0.717, 1.165) is 62.3 Å². The molecule has 166 valence electrons. The SMILES string of the molecule is CCC(CC)C(=O)N1CCC2(CC1)CC1(CO2)Nc2cc(OC)ccc2-n2cccc21. The lowest BCUT2D eigenvalue weighted by Crippen LogP contribution is -2.49. The number of fused-ring (bicyclic) bond motifs is 4. The lowest BCUT2D eigenvalue weighted by Gasteiger charge is -2.42. The molecule has 0 aliphatic carbocycles. The number of rotatable bonds is 4. The molecule has 2 aromatic rings. The fourth-order valence-corrected chi connectivity index (χ4v) is 5.78. The molecule has 1 aromatic heterocycles. The first-order chi connectivity index (χ1) is 15.0. The van der Waals surface area contributed by atoms with Gasteiger partial charge in [-0.3, -0.25) is 4.79 Å². The summed E-state index contributed by atoms with van der Waals surface area (Å²) in [5, 5.41) is 3.83. The van der Waals surface area contributed by atoms with E-state index in [9.17, 15) is 4.79 Å². The maximum absolute atomic E-state index is 12.8. The molecule has 6 heteroatoms. The van der Waals surface area contributed by atoms with Gasteiger partial charge in [0.1, 0.15) is 11.3 Å². The van der Waals surface area contributed by atoms with Crippen LogP contribution in [0.4, 0.5) is 5.69 Å². The van der Waals surface area contributed by atoms with Crippen LogP contribution in [0.2, 0.25) is 0 Å². The summed E-state index contributed by atoms with van der Waals surface area (Å²) >= 11 is 0. The van der Waals surface area contributed by atoms with Crippen LogP contribution in [0.15, 0.2) is 36.5 Å². The number of aromatic nitrogens is 1. The van der Waals surface area contributed by atoms with Gasteiger partial charge in [0, 0.05) is 37.7 Å². The lowest BCUT2D eigenvalue weighted by atomic mass is 9.79. The molecule has 0 saturated carbocycles. The molecule has 1 unspecified atom stereocenters. The summed E-state index contributed by atoms with van der Waals surface area (Å²) in [5.41, 5.74) is 3.02. The molecular weight excluding hydrogens is 390 g/mol. The number of methoxy groups -OCH3 is 1. The Kier molecular flexibility index (Phi) is 5.00. The number of nitrogens with zero attached hydrogens (tertiary/aromatic N) is 2. The summed E-state index contributed by atoms with van der Waals surface area (Å²) < 4.78 is 14.3. The number of hydrogen-bond donors (Lipinski definition) is 1. The van der Waals surface area contributed by atoms with Crippen molar-refractivity contribution in [2.24, 2.45) is 5.92 Å². The number of piperidine rings is 1. The van der Waals surface area contributed by atoms with E-state index in [1.54, 1.807) is 7.11 Å². The first-order valence-corrected chi connectivity index (χ1v) is 11.6. The summed E-state index contributed by atoms with van der Waals surface area (Å²) in [7, 11) is 1.70. The number of amides is 1. The zero-order valence-corrected chi connectivity index (χ0v) is 18.8. The van der Waals surface area contributed by atoms with Crippen LogP contribution in [0.3, 0.4) is 0 Å². The van der Waals surface area contributed by atoms with Crippen LogP contribution < -0.4 is 10.1 Å². The highest BCUT2D eigenvalue weighted by Gasteiger charge is 2.54. The van der Waals surface area contributed by atoms with E-state index in [1.165, 1.54) is 5.69 Å². The summed E-state index contributed by atoms with van der Waals surface area (Å²) in [6, 6.07) is 10.5. The Bertz CT molecular complexity index is 972. The minimum atomic E-state index is -0.260. The van der Waals surface area contributed by atoms with Crippen LogP contribution in [-0.4, -0.2) is 47.8 Å². The van der Waals surface area contributed by atoms with E-state index in [-0.39, 0.29) is 17.1 Å². The van der Waals surface area contributed by atoms with E-state index < -0.39 is 0 Å². The number of carbonyl (C=O) groups is 1. The summed E-state index contributed by atoms with van der Waals surface area (Å²) in [4.78, 5) is 14.9. The molecule has 3 aliphatic rings. The van der Waals surface area contributed by atoms with E-state index >= 15 is 0 Å². The van der Waals surface area contributed by atoms with Gasteiger partial charge >= 0.3 is 0 Å². The zero-order valence-electron chi connectivity index (χ0n) is 18.8. The molecule has 31 heavy (non-hydrogen) atoms. The number of nitrogens with one attached hydrogen (secondary N) is 1. The van der Waals surface area contributed by atoms with Crippen LogP contribution in [0, 0.1) is 5.92 Å². The van der Waals surface area contributed by atoms with E-state index in [4.69, 9.17) is 9.47 Å². The average molecular weight is 424 g/mol. The Hall–Kier alpha value is -2.47. The third kappa shape index (κ3) is 3.23. The topological polar surface area (TPSA) is 55.7 Å². The molecule has 0 radical (unpaired) electrons. The first-order valence-electron chi connectivity index (χ1n) is 11.6. The van der Waals surface area contributed by atoms with Crippen molar-refractivity contribution in [3.8, 4) is 11.4 Å². The quantitative estimate of drug-likeness (QED) is 0.796. The molecule has 1 aromatic carbocycles. The minimum absolute atomic E-state index is 0.152. The standard InChI is InChI=1S/C25H33N3O3/c1-4-18(5-2)23(29)27-13-10-24(11-14-27)16-25(17-31-24)22-7-6-12-28(22)21-9-8-19(30-3)15-20(21)26-25/h6-9,12,15,18,26H,4-5,10-11,13-14,16-17H2,1-3H3. The number of carbonyl (C=O) groups excluding carboxylic acids is 1. The zero-order chi connectivity index (χ0) is 21.6. The number of benzene rings is 1. The molecule has 2 fully saturated rings. The minimum Gasteiger partial charge on any atom is -0.497 e. The fourth-order valence-electron chi connectivity index (χ4n) is 5.78. The van der Waals surface area contributed by atoms with Crippen LogP contribution in [-0.2, 0) is 15.1 Å². The second-order valence-electron chi connectivity index (χ2n) is 9.34. The lowest BCUT2D eigenvalue weighted by molar-refractivity contribution is -0.140. The average Bonchev–Trinajstić information content (AvgIpc) is 3.42. The van der Waals surface area contributed by atoms with Gasteiger partial charge in [-0.2, -0.15) is 0 Å². The van der Waals surface area contributed by atoms with Crippen molar-refractivity contribution in [2.45, 2.75) is 57.1 Å². The van der Waals surface area contributed by atoms with Gasteiger partial charge in [0.05, 0.1) is 36.4 Å². The van der Waals surface area contributed by atoms with Gasteiger partial charge in [-0.25, -0.2) is 0 Å². The van der Waals surface area contributed by atoms with Crippen LogP contribution in [0.1, 0.15) is 51.6 Å². The largest absolute Gasteiger partial charge is 0.497 e. The van der Waals surface area contributed by atoms with E-state index in [2.05, 4.69) is 59.1 Å². The summed E-state index contributed by atoms with van der Waals surface area (Å²) in [6.07, 6.45) is 6.67. The van der Waals surface area contributed by atoms with Crippen LogP contribution in [0.25, 0.3) is 5.69 Å². The highest BCUT2D eigenvalue weighted by molar-refractivity contribution is 5.79. The van der Waals surface area contributed by atoms with Gasteiger partial charge in [-0.1, -0.05) is 13.8 Å². The molecule has 6 nitrogen and oxygen atoms in total. The monoisotopic (exact) mass is 423 g/mol. The molecule has 1 amide bonds. The molecular formula is C25H33N3O3. The van der Waals surface area contributed by atoms with Gasteiger partial charge in [0.2, 0.25) is 5.91 Å². The molecule has 5 rings (SSSR count). The molecule has 1 N–H and O–H groups in total. The third-order valence-electron chi connectivity index (χ3n) is 7.65. The highest BCUT2D eigenvalue weighted by Crippen LogP contribution is 2.50. The fraction of sp³-hybridized carbons (Fsp3) is 0.560. The summed E-state index contributed by atoms with van der Waals surface area (Å²) in [5.74, 6) is 1.32. The predicted octanol–water partition coefficient (Wildman–Crippen LogP) is 4.32. The predicted molar refractivity (Wildman–Crippen MR) is 121 cm³/mol. The first kappa shape index (κ1) is 20.4. The molecule has 4 heterocycles. The number of hydrogen-bond acceptors (Lipinski definition) is 4. The molecule has 2 saturated heterocycles. The molecule has 2 spiro atoms. The third-order valence-corrected chi connectivity index (χ3v) is 7.65. The van der Waals surface area contributed by atoms with Crippen molar-refractivity contribution in [2.75, 3.05) is 32.1 Å². The Labute approximate surface area is 184 Å². The second-order valence-corrected chi connectivity index (χ2v) is 9.34. The maximum atomic E-state index is 12.8. The van der Waals surface area contributed by atoms with E-state index in [1.807, 2.05) is 6.07 Å². The van der Waals surface area contributed by atoms with Crippen LogP contribution >= 0.6 is 0 Å². The second kappa shape index (κ2) is 7.59. The maximum Gasteiger partial charge on any atom is 0.225 e. The number of ether oxygens (including phenoxy) is 2. The van der Waals surface area contributed by atoms with Crippen molar-refractivity contribution in [3.05, 3.63) is 42.2 Å². The van der Waals surface area contributed by atoms with Gasteiger partial charge in [0.15, 0.2) is 0 Å². The van der Waals surface area contributed by atoms with Gasteiger partial charge < -0.3 is 24.3 Å². The Morgan fingerprint density at radius 1 is 1.23 bits per heavy atom. The highest BCUT2D eigenvalue weighted by atomic mass is 16.5. The van der Waals surface area contributed by atoms with Gasteiger partial charge in [0.25, 0.3) is 0 Å². The number of likely N-dealkylation sites (tertiary alicyclic amines) is 1. The Balaban J connectivity index is 1.37. The van der Waals surface area contributed by atoms with Crippen molar-refractivity contribution in [1.29, 1.82) is 0 Å². The normalized spacial score (nSPS) is 23.7. The molecule has 0 bridgehead atoms. The van der Waals surface area contributed by atoms with Crippen molar-refractivity contribution < 1.29 is 14.3 Å². The molecule has 1 atom stereocenters. The van der Waals surface area contributed by atoms with Crippen molar-refractivity contribution in [1.82, 2.24) is 9.47 Å². The van der Waals surface area contributed by atoms with Gasteiger partial charge in [-0.15, -0.1) is 0 Å². The van der Waals surface area contributed by atoms with Crippen molar-refractivity contribution >= 4 is 11.6 Å². The number of anilines is 1. The molecule has 3 aliphatic heterocycles. The van der Waals surface area contributed by atoms with Gasteiger partial charge in [-0.05, 0) is 49.9 Å². The summed E-state index contributed by atoms with van der Waals surface area (Å²) in [6.45, 7) is 6.43.